The predicted molar refractivity (Wildman–Crippen MR) is 101 cm³/mol. The molecular formula is C18H18ClN3O4S. The van der Waals surface area contributed by atoms with Gasteiger partial charge in [-0.3, -0.25) is 20.4 Å². The van der Waals surface area contributed by atoms with Crippen LogP contribution in [0.3, 0.4) is 0 Å². The van der Waals surface area contributed by atoms with Crippen molar-refractivity contribution < 1.29 is 18.0 Å². The zero-order chi connectivity index (χ0) is 19.4. The lowest BCUT2D eigenvalue weighted by molar-refractivity contribution is 0.0846. The number of hydrazine groups is 1. The lowest BCUT2D eigenvalue weighted by Crippen LogP contribution is -2.41. The fourth-order valence-corrected chi connectivity index (χ4v) is 4.45. The van der Waals surface area contributed by atoms with E-state index in [9.17, 15) is 18.0 Å². The van der Waals surface area contributed by atoms with Crippen LogP contribution in [0.5, 0.6) is 0 Å². The average molecular weight is 408 g/mol. The summed E-state index contributed by atoms with van der Waals surface area (Å²) in [5.74, 6) is -1.07. The molecule has 2 aromatic rings. The Kier molecular flexibility index (Phi) is 5.79. The van der Waals surface area contributed by atoms with E-state index in [-0.39, 0.29) is 10.5 Å². The molecule has 2 amide bonds. The minimum Gasteiger partial charge on any atom is -0.267 e. The molecule has 142 valence electrons. The zero-order valence-electron chi connectivity index (χ0n) is 14.3. The fraction of sp³-hybridized carbons (Fsp3) is 0.222. The Bertz CT molecular complexity index is 955. The Morgan fingerprint density at radius 3 is 2.07 bits per heavy atom. The normalized spacial score (nSPS) is 14.7. The number of carbonyl (C=O) groups excluding carboxylic acids is 2. The van der Waals surface area contributed by atoms with E-state index < -0.39 is 21.8 Å². The summed E-state index contributed by atoms with van der Waals surface area (Å²) in [7, 11) is -3.53. The van der Waals surface area contributed by atoms with E-state index in [0.717, 1.165) is 12.8 Å². The van der Waals surface area contributed by atoms with Gasteiger partial charge in [0.05, 0.1) is 4.90 Å². The molecule has 3 rings (SSSR count). The van der Waals surface area contributed by atoms with Crippen molar-refractivity contribution >= 4 is 33.4 Å². The number of carbonyl (C=O) groups is 2. The molecule has 0 unspecified atom stereocenters. The van der Waals surface area contributed by atoms with E-state index in [1.807, 2.05) is 0 Å². The van der Waals surface area contributed by atoms with Gasteiger partial charge in [-0.1, -0.05) is 17.7 Å². The summed E-state index contributed by atoms with van der Waals surface area (Å²) in [5.41, 5.74) is 5.10. The van der Waals surface area contributed by atoms with Crippen molar-refractivity contribution in [3.8, 4) is 0 Å². The average Bonchev–Trinajstić information content (AvgIpc) is 3.21. The van der Waals surface area contributed by atoms with Crippen molar-refractivity contribution in [1.82, 2.24) is 15.2 Å². The highest BCUT2D eigenvalue weighted by Gasteiger charge is 2.27. The quantitative estimate of drug-likeness (QED) is 0.759. The van der Waals surface area contributed by atoms with Crippen LogP contribution < -0.4 is 10.9 Å². The number of sulfonamides is 1. The minimum atomic E-state index is -3.53. The van der Waals surface area contributed by atoms with Gasteiger partial charge in [0.1, 0.15) is 0 Å². The van der Waals surface area contributed by atoms with Crippen molar-refractivity contribution in [3.63, 3.8) is 0 Å². The van der Waals surface area contributed by atoms with Crippen molar-refractivity contribution in [2.24, 2.45) is 0 Å². The highest BCUT2D eigenvalue weighted by atomic mass is 35.5. The van der Waals surface area contributed by atoms with Crippen LogP contribution in [0.15, 0.2) is 53.4 Å². The third-order valence-electron chi connectivity index (χ3n) is 4.20. The Morgan fingerprint density at radius 1 is 0.889 bits per heavy atom. The van der Waals surface area contributed by atoms with Gasteiger partial charge in [-0.05, 0) is 55.3 Å². The molecule has 1 aliphatic heterocycles. The molecule has 1 heterocycles. The zero-order valence-corrected chi connectivity index (χ0v) is 15.9. The molecule has 1 saturated heterocycles. The molecule has 0 aliphatic carbocycles. The van der Waals surface area contributed by atoms with Crippen molar-refractivity contribution in [3.05, 3.63) is 64.7 Å². The van der Waals surface area contributed by atoms with Gasteiger partial charge < -0.3 is 0 Å². The number of amides is 2. The number of hydrogen-bond donors (Lipinski definition) is 2. The van der Waals surface area contributed by atoms with Gasteiger partial charge >= 0.3 is 0 Å². The molecule has 9 heteroatoms. The third-order valence-corrected chi connectivity index (χ3v) is 6.34. The Labute approximate surface area is 162 Å². The van der Waals surface area contributed by atoms with E-state index >= 15 is 0 Å². The molecule has 1 fully saturated rings. The molecule has 0 aromatic heterocycles. The molecular weight excluding hydrogens is 390 g/mol. The van der Waals surface area contributed by atoms with Crippen LogP contribution in [0.1, 0.15) is 33.6 Å². The van der Waals surface area contributed by atoms with E-state index in [2.05, 4.69) is 10.9 Å². The first-order valence-electron chi connectivity index (χ1n) is 8.34. The summed E-state index contributed by atoms with van der Waals surface area (Å²) in [4.78, 5) is 24.3. The fourth-order valence-electron chi connectivity index (χ4n) is 2.74. The summed E-state index contributed by atoms with van der Waals surface area (Å²) < 4.78 is 26.4. The number of benzene rings is 2. The first-order chi connectivity index (χ1) is 12.9. The number of rotatable bonds is 4. The maximum Gasteiger partial charge on any atom is 0.269 e. The second-order valence-corrected chi connectivity index (χ2v) is 8.43. The molecule has 1 aliphatic rings. The Hall–Kier alpha value is -2.42. The second kappa shape index (κ2) is 8.08. The summed E-state index contributed by atoms with van der Waals surface area (Å²) in [6.45, 7) is 1.03. The summed E-state index contributed by atoms with van der Waals surface area (Å²) in [6.07, 6.45) is 1.71. The van der Waals surface area contributed by atoms with Gasteiger partial charge in [-0.2, -0.15) is 4.31 Å². The first-order valence-corrected chi connectivity index (χ1v) is 10.2. The van der Waals surface area contributed by atoms with Gasteiger partial charge in [0, 0.05) is 29.2 Å². The number of halogens is 1. The SMILES string of the molecule is O=C(NNC(=O)c1cccc(Cl)c1)c1ccc(S(=O)(=O)N2CCCC2)cc1. The molecule has 0 bridgehead atoms. The summed E-state index contributed by atoms with van der Waals surface area (Å²) in [6, 6.07) is 11.9. The predicted octanol–water partition coefficient (Wildman–Crippen LogP) is 2.20. The Morgan fingerprint density at radius 2 is 1.48 bits per heavy atom. The van der Waals surface area contributed by atoms with Crippen molar-refractivity contribution in [1.29, 1.82) is 0 Å². The molecule has 0 spiro atoms. The van der Waals surface area contributed by atoms with E-state index in [1.165, 1.54) is 34.6 Å². The van der Waals surface area contributed by atoms with Crippen LogP contribution in [0, 0.1) is 0 Å². The molecule has 0 radical (unpaired) electrons. The lowest BCUT2D eigenvalue weighted by Gasteiger charge is -2.15. The maximum atomic E-state index is 12.5. The minimum absolute atomic E-state index is 0.143. The van der Waals surface area contributed by atoms with Gasteiger partial charge in [0.2, 0.25) is 10.0 Å². The molecule has 2 N–H and O–H groups in total. The molecule has 27 heavy (non-hydrogen) atoms. The monoisotopic (exact) mass is 407 g/mol. The van der Waals surface area contributed by atoms with Crippen LogP contribution >= 0.6 is 11.6 Å². The maximum absolute atomic E-state index is 12.5. The van der Waals surface area contributed by atoms with Gasteiger partial charge in [0.25, 0.3) is 11.8 Å². The van der Waals surface area contributed by atoms with Crippen molar-refractivity contribution in [2.75, 3.05) is 13.1 Å². The third kappa shape index (κ3) is 4.47. The second-order valence-electron chi connectivity index (χ2n) is 6.05. The molecule has 2 aromatic carbocycles. The topological polar surface area (TPSA) is 95.6 Å². The van der Waals surface area contributed by atoms with Crippen LogP contribution in [0.25, 0.3) is 0 Å². The molecule has 0 atom stereocenters. The largest absolute Gasteiger partial charge is 0.269 e. The summed E-state index contributed by atoms with van der Waals surface area (Å²) in [5, 5.41) is 0.406. The standard InChI is InChI=1S/C18H18ClN3O4S/c19-15-5-3-4-14(12-15)18(24)21-20-17(23)13-6-8-16(9-7-13)27(25,26)22-10-1-2-11-22/h3-9,12H,1-2,10-11H2,(H,20,23)(H,21,24). The van der Waals surface area contributed by atoms with Crippen molar-refractivity contribution in [2.45, 2.75) is 17.7 Å². The van der Waals surface area contributed by atoms with Gasteiger partial charge in [0.15, 0.2) is 0 Å². The highest BCUT2D eigenvalue weighted by Crippen LogP contribution is 2.21. The summed E-state index contributed by atoms with van der Waals surface area (Å²) >= 11 is 5.83. The number of nitrogens with zero attached hydrogens (tertiary/aromatic N) is 1. The highest BCUT2D eigenvalue weighted by molar-refractivity contribution is 7.89. The molecule has 0 saturated carbocycles. The lowest BCUT2D eigenvalue weighted by atomic mass is 10.2. The van der Waals surface area contributed by atoms with E-state index in [1.54, 1.807) is 18.2 Å². The Balaban J connectivity index is 1.63. The van der Waals surface area contributed by atoms with Gasteiger partial charge in [-0.15, -0.1) is 0 Å². The van der Waals surface area contributed by atoms with Gasteiger partial charge in [-0.25, -0.2) is 8.42 Å². The smallest absolute Gasteiger partial charge is 0.267 e. The van der Waals surface area contributed by atoms with Crippen LogP contribution in [0.4, 0.5) is 0 Å². The van der Waals surface area contributed by atoms with Crippen LogP contribution in [0.2, 0.25) is 5.02 Å². The molecule has 7 nitrogen and oxygen atoms in total. The number of hydrogen-bond acceptors (Lipinski definition) is 4. The van der Waals surface area contributed by atoms with E-state index in [4.69, 9.17) is 11.6 Å². The van der Waals surface area contributed by atoms with E-state index in [0.29, 0.717) is 23.7 Å². The van der Waals surface area contributed by atoms with Crippen LogP contribution in [-0.4, -0.2) is 37.6 Å². The van der Waals surface area contributed by atoms with Crippen LogP contribution in [-0.2, 0) is 10.0 Å². The number of nitrogens with one attached hydrogen (secondary N) is 2. The first kappa shape index (κ1) is 19.3.